The number of Topliss-reactive ketones (excluding diaryl/α,β-unsaturated/α-hetero) is 1. The van der Waals surface area contributed by atoms with Crippen LogP contribution in [0.1, 0.15) is 86.7 Å². The van der Waals surface area contributed by atoms with Crippen LogP contribution in [-0.4, -0.2) is 147 Å². The summed E-state index contributed by atoms with van der Waals surface area (Å²) in [6.07, 6.45) is -17.9. The Balaban J connectivity index is 1.30. The van der Waals surface area contributed by atoms with Crippen molar-refractivity contribution in [3.63, 3.8) is 0 Å². The first-order chi connectivity index (χ1) is 33.6. The Labute approximate surface area is 409 Å². The Hall–Kier alpha value is -5.90. The van der Waals surface area contributed by atoms with Crippen molar-refractivity contribution in [3.8, 4) is 0 Å². The molecule has 2 saturated heterocycles. The molecule has 0 radical (unpaired) electrons. The topological polar surface area (TPSA) is 280 Å². The van der Waals surface area contributed by atoms with Crippen molar-refractivity contribution >= 4 is 35.6 Å². The Morgan fingerprint density at radius 3 is 1.97 bits per heavy atom. The van der Waals surface area contributed by atoms with Gasteiger partial charge in [-0.2, -0.15) is 0 Å². The average Bonchev–Trinajstić information content (AvgIpc) is 3.34. The molecule has 8 rings (SSSR count). The number of aliphatic hydroxyl groups excluding tert-OH is 4. The van der Waals surface area contributed by atoms with Crippen molar-refractivity contribution in [3.05, 3.63) is 119 Å². The summed E-state index contributed by atoms with van der Waals surface area (Å²) in [6.45, 7) is 7.24. The van der Waals surface area contributed by atoms with Gasteiger partial charge in [-0.25, -0.2) is 9.59 Å². The van der Waals surface area contributed by atoms with Crippen molar-refractivity contribution in [1.82, 2.24) is 5.32 Å². The second-order valence-electron chi connectivity index (χ2n) is 19.7. The van der Waals surface area contributed by atoms with Gasteiger partial charge in [0.2, 0.25) is 0 Å². The normalized spacial score (nSPS) is 34.8. The molecule has 1 amide bonds. The second-order valence-corrected chi connectivity index (χ2v) is 19.7. The van der Waals surface area contributed by atoms with Crippen LogP contribution in [0.5, 0.6) is 0 Å². The quantitative estimate of drug-likeness (QED) is 0.0862. The summed E-state index contributed by atoms with van der Waals surface area (Å²) < 4.78 is 43.1. The number of benzene rings is 3. The SMILES string of the molecule is CC(=O)O[C@@H]1C(=O)[C@@]2(C)[C@H]([C@H](OC(=O)c3ccccc3)[C@]3(O)CC(OC(=O)[C@H](O)[C@H](NC(=O)c4ccccc4)c4ccccc4)C(C)=C1C3(C)C)[C@@]1(OC(C)=O)CO[C@@H]1C[C@H]2O[C@H]1OC[C@@H](O)[C@@H](O)[C@H]1O. The molecular weight excluding hydrogens is 927 g/mol. The molecule has 380 valence electrons. The van der Waals surface area contributed by atoms with Gasteiger partial charge in [0.25, 0.3) is 5.91 Å². The number of ether oxygens (including phenoxy) is 7. The fourth-order valence-corrected chi connectivity index (χ4v) is 11.4. The lowest BCUT2D eigenvalue weighted by Gasteiger charge is -2.68. The van der Waals surface area contributed by atoms with E-state index in [2.05, 4.69) is 5.32 Å². The van der Waals surface area contributed by atoms with Crippen molar-refractivity contribution in [2.75, 3.05) is 13.2 Å². The zero-order valence-corrected chi connectivity index (χ0v) is 40.0. The number of nitrogens with one attached hydrogen (secondary N) is 1. The summed E-state index contributed by atoms with van der Waals surface area (Å²) in [6, 6.07) is 22.6. The number of ketones is 1. The molecule has 0 aromatic heterocycles. The fourth-order valence-electron chi connectivity index (χ4n) is 11.4. The van der Waals surface area contributed by atoms with Crippen molar-refractivity contribution in [2.45, 2.75) is 133 Å². The maximum absolute atomic E-state index is 16.2. The first kappa shape index (κ1) is 51.5. The predicted octanol–water partition coefficient (Wildman–Crippen LogP) is 2.20. The van der Waals surface area contributed by atoms with Crippen LogP contribution in [0.3, 0.4) is 0 Å². The van der Waals surface area contributed by atoms with Crippen LogP contribution < -0.4 is 5.32 Å². The third kappa shape index (κ3) is 8.96. The van der Waals surface area contributed by atoms with E-state index in [-0.39, 0.29) is 28.7 Å². The minimum Gasteiger partial charge on any atom is -0.456 e. The third-order valence-electron chi connectivity index (χ3n) is 15.2. The van der Waals surface area contributed by atoms with Crippen molar-refractivity contribution < 1.29 is 87.5 Å². The first-order valence-corrected chi connectivity index (χ1v) is 23.4. The van der Waals surface area contributed by atoms with Crippen molar-refractivity contribution in [1.29, 1.82) is 0 Å². The highest BCUT2D eigenvalue weighted by atomic mass is 16.7. The van der Waals surface area contributed by atoms with Gasteiger partial charge in [0, 0.05) is 37.7 Å². The Morgan fingerprint density at radius 2 is 1.39 bits per heavy atom. The smallest absolute Gasteiger partial charge is 0.338 e. The van der Waals surface area contributed by atoms with Gasteiger partial charge in [-0.15, -0.1) is 0 Å². The Bertz CT molecular complexity index is 2560. The highest BCUT2D eigenvalue weighted by Gasteiger charge is 2.79. The fraction of sp³-hybridized carbons (Fsp3) is 0.500. The maximum atomic E-state index is 16.2. The van der Waals surface area contributed by atoms with E-state index in [4.69, 9.17) is 33.2 Å². The molecule has 15 atom stereocenters. The molecule has 2 aliphatic heterocycles. The molecule has 2 heterocycles. The molecule has 2 bridgehead atoms. The second kappa shape index (κ2) is 19.6. The number of carbonyl (C=O) groups excluding carboxylic acids is 6. The predicted molar refractivity (Wildman–Crippen MR) is 244 cm³/mol. The van der Waals surface area contributed by atoms with Gasteiger partial charge in [-0.1, -0.05) is 80.6 Å². The number of aliphatic hydroxyl groups is 5. The molecular formula is C52H59NO18. The Morgan fingerprint density at radius 1 is 0.789 bits per heavy atom. The van der Waals surface area contributed by atoms with E-state index in [0.717, 1.165) is 13.8 Å². The average molecular weight is 986 g/mol. The van der Waals surface area contributed by atoms with Gasteiger partial charge < -0.3 is 64.0 Å². The van der Waals surface area contributed by atoms with Crippen LogP contribution in [0.25, 0.3) is 0 Å². The molecule has 6 N–H and O–H groups in total. The van der Waals surface area contributed by atoms with E-state index in [1.165, 1.54) is 39.8 Å². The Kier molecular flexibility index (Phi) is 14.2. The van der Waals surface area contributed by atoms with Crippen LogP contribution in [0, 0.1) is 16.7 Å². The lowest BCUT2D eigenvalue weighted by Crippen LogP contribution is -2.82. The molecule has 5 aliphatic rings. The maximum Gasteiger partial charge on any atom is 0.338 e. The summed E-state index contributed by atoms with van der Waals surface area (Å²) in [4.78, 5) is 85.6. The third-order valence-corrected chi connectivity index (χ3v) is 15.2. The summed E-state index contributed by atoms with van der Waals surface area (Å²) >= 11 is 0. The summed E-state index contributed by atoms with van der Waals surface area (Å²) in [5.41, 5.74) is -7.76. The monoisotopic (exact) mass is 985 g/mol. The number of hydrogen-bond acceptors (Lipinski definition) is 18. The zero-order chi connectivity index (χ0) is 51.4. The van der Waals surface area contributed by atoms with E-state index in [1.54, 1.807) is 78.9 Å². The van der Waals surface area contributed by atoms with E-state index < -0.39 is 150 Å². The molecule has 3 aromatic rings. The van der Waals surface area contributed by atoms with Gasteiger partial charge in [0.05, 0.1) is 42.3 Å². The summed E-state index contributed by atoms with van der Waals surface area (Å²) in [7, 11) is 0. The minimum absolute atomic E-state index is 0.0120. The van der Waals surface area contributed by atoms with Crippen LogP contribution in [0.4, 0.5) is 0 Å². The number of carbonyl (C=O) groups is 6. The minimum atomic E-state index is -2.51. The van der Waals surface area contributed by atoms with Gasteiger partial charge >= 0.3 is 23.9 Å². The van der Waals surface area contributed by atoms with E-state index in [1.807, 2.05) is 0 Å². The van der Waals surface area contributed by atoms with Gasteiger partial charge in [0.15, 0.2) is 29.9 Å². The molecule has 19 nitrogen and oxygen atoms in total. The first-order valence-electron chi connectivity index (χ1n) is 23.4. The molecule has 3 aromatic carbocycles. The number of rotatable bonds is 12. The van der Waals surface area contributed by atoms with Gasteiger partial charge in [0.1, 0.15) is 42.2 Å². The lowest BCUT2D eigenvalue weighted by molar-refractivity contribution is -0.366. The van der Waals surface area contributed by atoms with E-state index in [9.17, 15) is 49.5 Å². The number of fused-ring (bicyclic) bond motifs is 5. The molecule has 2 saturated carbocycles. The molecule has 71 heavy (non-hydrogen) atoms. The summed E-state index contributed by atoms with van der Waals surface area (Å²) in [5.74, 6) is -7.31. The standard InChI is InChI=1S/C52H59NO18/c1-26-33(68-47(63)39(58)37(29-16-10-7-11-17-29)53-45(61)30-18-12-8-13-19-30)23-52(64)44(70-46(62)31-20-14-9-15-21-31)42-50(6,43(60)41(67-27(2)54)36(26)49(52,4)5)34(22-35-51(42,25-66-35)71-28(3)55)69-48-40(59)38(57)32(56)24-65-48/h7-21,32-35,37-42,44,48,56-59,64H,22-25H2,1-6H3,(H,53,61)/t32-,33?,34-,35-,37-,38-,39-,40-,41+,42+,44+,48-,50-,51-,52-/m1/s1. The molecule has 1 unspecified atom stereocenters. The number of hydrogen-bond donors (Lipinski definition) is 6. The molecule has 0 spiro atoms. The lowest BCUT2D eigenvalue weighted by atomic mass is 9.44. The van der Waals surface area contributed by atoms with E-state index >= 15 is 4.79 Å². The van der Waals surface area contributed by atoms with Gasteiger partial charge in [-0.05, 0) is 54.8 Å². The molecule has 19 heteroatoms. The summed E-state index contributed by atoms with van der Waals surface area (Å²) in [5, 5.41) is 60.8. The van der Waals surface area contributed by atoms with Gasteiger partial charge in [-0.3, -0.25) is 19.2 Å². The van der Waals surface area contributed by atoms with Crippen LogP contribution >= 0.6 is 0 Å². The molecule has 3 aliphatic carbocycles. The number of amides is 1. The van der Waals surface area contributed by atoms with E-state index in [0.29, 0.717) is 5.56 Å². The largest absolute Gasteiger partial charge is 0.456 e. The molecule has 4 fully saturated rings. The highest BCUT2D eigenvalue weighted by molar-refractivity contribution is 5.96. The van der Waals surface area contributed by atoms with Crippen LogP contribution in [0.15, 0.2) is 102 Å². The van der Waals surface area contributed by atoms with Crippen molar-refractivity contribution in [2.24, 2.45) is 16.7 Å². The number of esters is 4. The van der Waals surface area contributed by atoms with Crippen LogP contribution in [-0.2, 0) is 52.3 Å². The highest BCUT2D eigenvalue weighted by Crippen LogP contribution is 2.65. The zero-order valence-electron chi connectivity index (χ0n) is 40.0. The van der Waals surface area contributed by atoms with Crippen LogP contribution in [0.2, 0.25) is 0 Å².